The molecule has 192 valence electrons. The molecule has 1 amide bonds. The second kappa shape index (κ2) is 12.7. The SMILES string of the molecule is COc1cc(NS(=O)(=O)N2CCCC[C@H]2C(=O)NCCCN2CCCCC2)cc(OCl)c1OC. The zero-order valence-corrected chi connectivity index (χ0v) is 21.4. The lowest BCUT2D eigenvalue weighted by molar-refractivity contribution is -0.125. The van der Waals surface area contributed by atoms with Gasteiger partial charge in [0.2, 0.25) is 11.7 Å². The van der Waals surface area contributed by atoms with Crippen molar-refractivity contribution < 1.29 is 27.0 Å². The summed E-state index contributed by atoms with van der Waals surface area (Å²) in [5.74, 6) is 0.323. The van der Waals surface area contributed by atoms with Crippen molar-refractivity contribution in [3.8, 4) is 17.2 Å². The number of amides is 1. The first-order chi connectivity index (χ1) is 16.4. The number of ether oxygens (including phenoxy) is 2. The number of carbonyl (C=O) groups excluding carboxylic acids is 1. The molecule has 12 heteroatoms. The van der Waals surface area contributed by atoms with Crippen LogP contribution in [-0.2, 0) is 15.0 Å². The number of halogens is 1. The zero-order chi connectivity index (χ0) is 24.6. The molecule has 3 rings (SSSR count). The topological polar surface area (TPSA) is 109 Å². The number of hydrogen-bond donors (Lipinski definition) is 2. The number of nitrogens with zero attached hydrogens (tertiary/aromatic N) is 2. The van der Waals surface area contributed by atoms with E-state index in [4.69, 9.17) is 25.6 Å². The lowest BCUT2D eigenvalue weighted by Crippen LogP contribution is -2.53. The molecule has 0 aliphatic carbocycles. The second-order valence-electron chi connectivity index (χ2n) is 8.56. The van der Waals surface area contributed by atoms with Crippen LogP contribution in [0.1, 0.15) is 44.9 Å². The average Bonchev–Trinajstić information content (AvgIpc) is 2.86. The summed E-state index contributed by atoms with van der Waals surface area (Å²) >= 11 is 5.53. The lowest BCUT2D eigenvalue weighted by atomic mass is 10.0. The Kier molecular flexibility index (Phi) is 9.93. The molecule has 10 nitrogen and oxygen atoms in total. The fourth-order valence-corrected chi connectivity index (χ4v) is 6.08. The van der Waals surface area contributed by atoms with Gasteiger partial charge in [-0.3, -0.25) is 9.52 Å². The van der Waals surface area contributed by atoms with Gasteiger partial charge in [-0.1, -0.05) is 12.8 Å². The molecule has 2 N–H and O–H groups in total. The zero-order valence-electron chi connectivity index (χ0n) is 19.8. The quantitative estimate of drug-likeness (QED) is 0.433. The summed E-state index contributed by atoms with van der Waals surface area (Å²) in [6.45, 7) is 3.95. The Morgan fingerprint density at radius 2 is 1.76 bits per heavy atom. The van der Waals surface area contributed by atoms with Gasteiger partial charge in [-0.2, -0.15) is 12.7 Å². The van der Waals surface area contributed by atoms with Crippen molar-refractivity contribution in [2.45, 2.75) is 51.0 Å². The number of likely N-dealkylation sites (tertiary alicyclic amines) is 1. The number of benzene rings is 1. The number of hydrogen-bond acceptors (Lipinski definition) is 7. The molecular weight excluding hydrogens is 484 g/mol. The molecule has 1 aromatic carbocycles. The van der Waals surface area contributed by atoms with Crippen molar-refractivity contribution in [1.29, 1.82) is 0 Å². The highest BCUT2D eigenvalue weighted by Crippen LogP contribution is 2.41. The van der Waals surface area contributed by atoms with Gasteiger partial charge in [0.1, 0.15) is 17.9 Å². The van der Waals surface area contributed by atoms with E-state index in [1.165, 1.54) is 49.9 Å². The fraction of sp³-hybridized carbons (Fsp3) is 0.682. The first-order valence-electron chi connectivity index (χ1n) is 11.7. The van der Waals surface area contributed by atoms with Crippen LogP contribution in [0.15, 0.2) is 12.1 Å². The first kappa shape index (κ1) is 26.7. The van der Waals surface area contributed by atoms with Crippen molar-refractivity contribution in [2.75, 3.05) is 51.7 Å². The van der Waals surface area contributed by atoms with E-state index in [2.05, 4.69) is 14.9 Å². The van der Waals surface area contributed by atoms with Crippen molar-refractivity contribution in [3.63, 3.8) is 0 Å². The number of rotatable bonds is 11. The molecular formula is C22H35ClN4O6S. The maximum Gasteiger partial charge on any atom is 0.302 e. The lowest BCUT2D eigenvalue weighted by Gasteiger charge is -2.33. The largest absolute Gasteiger partial charge is 0.493 e. The fourth-order valence-electron chi connectivity index (χ4n) is 4.52. The monoisotopic (exact) mass is 518 g/mol. The van der Waals surface area contributed by atoms with E-state index in [1.54, 1.807) is 0 Å². The van der Waals surface area contributed by atoms with E-state index in [0.717, 1.165) is 32.5 Å². The minimum atomic E-state index is -4.03. The van der Waals surface area contributed by atoms with Gasteiger partial charge in [-0.15, -0.1) is 0 Å². The van der Waals surface area contributed by atoms with Crippen molar-refractivity contribution >= 4 is 33.7 Å². The molecule has 0 radical (unpaired) electrons. The molecule has 2 saturated heterocycles. The Morgan fingerprint density at radius 3 is 2.44 bits per heavy atom. The molecule has 0 aromatic heterocycles. The third-order valence-corrected chi connectivity index (χ3v) is 7.95. The second-order valence-corrected chi connectivity index (χ2v) is 10.3. The van der Waals surface area contributed by atoms with Gasteiger partial charge in [-0.25, -0.2) is 0 Å². The van der Waals surface area contributed by atoms with Crippen molar-refractivity contribution in [2.24, 2.45) is 0 Å². The van der Waals surface area contributed by atoms with Crippen LogP contribution < -0.4 is 23.8 Å². The number of carbonyl (C=O) groups is 1. The van der Waals surface area contributed by atoms with E-state index in [0.29, 0.717) is 19.4 Å². The summed E-state index contributed by atoms with van der Waals surface area (Å²) in [5.41, 5.74) is 0.180. The van der Waals surface area contributed by atoms with Gasteiger partial charge >= 0.3 is 10.2 Å². The highest BCUT2D eigenvalue weighted by atomic mass is 35.5. The summed E-state index contributed by atoms with van der Waals surface area (Å²) in [4.78, 5) is 15.3. The molecule has 34 heavy (non-hydrogen) atoms. The molecule has 2 heterocycles. The third kappa shape index (κ3) is 6.80. The van der Waals surface area contributed by atoms with Gasteiger partial charge in [-0.05, 0) is 51.7 Å². The van der Waals surface area contributed by atoms with Crippen molar-refractivity contribution in [1.82, 2.24) is 14.5 Å². The molecule has 2 aliphatic heterocycles. The Bertz CT molecular complexity index is 901. The van der Waals surface area contributed by atoms with Crippen LogP contribution in [0.4, 0.5) is 5.69 Å². The van der Waals surface area contributed by atoms with Crippen LogP contribution in [0.3, 0.4) is 0 Å². The predicted octanol–water partition coefficient (Wildman–Crippen LogP) is 2.74. The summed E-state index contributed by atoms with van der Waals surface area (Å²) in [5, 5.41) is 2.94. The highest BCUT2D eigenvalue weighted by Gasteiger charge is 2.37. The van der Waals surface area contributed by atoms with Gasteiger partial charge in [0.15, 0.2) is 11.5 Å². The normalized spacial score (nSPS) is 19.9. The molecule has 1 aromatic rings. The molecule has 0 bridgehead atoms. The number of nitrogens with one attached hydrogen (secondary N) is 2. The summed E-state index contributed by atoms with van der Waals surface area (Å²) in [6, 6.07) is 2.10. The molecule has 2 fully saturated rings. The molecule has 0 spiro atoms. The molecule has 1 atom stereocenters. The Morgan fingerprint density at radius 1 is 1.06 bits per heavy atom. The van der Waals surface area contributed by atoms with E-state index >= 15 is 0 Å². The van der Waals surface area contributed by atoms with Crippen LogP contribution in [0.2, 0.25) is 0 Å². The predicted molar refractivity (Wildman–Crippen MR) is 131 cm³/mol. The van der Waals surface area contributed by atoms with E-state index in [1.807, 2.05) is 0 Å². The Labute approximate surface area is 207 Å². The van der Waals surface area contributed by atoms with E-state index in [-0.39, 0.29) is 35.4 Å². The smallest absolute Gasteiger partial charge is 0.302 e. The first-order valence-corrected chi connectivity index (χ1v) is 13.5. The van der Waals surface area contributed by atoms with Gasteiger partial charge < -0.3 is 24.0 Å². The van der Waals surface area contributed by atoms with Crippen LogP contribution in [0.25, 0.3) is 0 Å². The highest BCUT2D eigenvalue weighted by molar-refractivity contribution is 7.90. The maximum atomic E-state index is 13.2. The van der Waals surface area contributed by atoms with Crippen LogP contribution in [0, 0.1) is 0 Å². The van der Waals surface area contributed by atoms with Gasteiger partial charge in [0, 0.05) is 25.2 Å². The maximum absolute atomic E-state index is 13.2. The third-order valence-electron chi connectivity index (χ3n) is 6.24. The van der Waals surface area contributed by atoms with Gasteiger partial charge in [0.25, 0.3) is 0 Å². The Balaban J connectivity index is 1.64. The summed E-state index contributed by atoms with van der Waals surface area (Å²) < 4.78 is 45.5. The van der Waals surface area contributed by atoms with Crippen LogP contribution >= 0.6 is 11.9 Å². The van der Waals surface area contributed by atoms with Crippen LogP contribution in [0.5, 0.6) is 17.2 Å². The van der Waals surface area contributed by atoms with Crippen molar-refractivity contribution in [3.05, 3.63) is 12.1 Å². The minimum Gasteiger partial charge on any atom is -0.493 e. The van der Waals surface area contributed by atoms with E-state index < -0.39 is 16.3 Å². The van der Waals surface area contributed by atoms with Gasteiger partial charge in [0.05, 0.1) is 19.9 Å². The summed E-state index contributed by atoms with van der Waals surface area (Å²) in [6.07, 6.45) is 6.54. The molecule has 0 saturated carbocycles. The van der Waals surface area contributed by atoms with E-state index in [9.17, 15) is 13.2 Å². The number of methoxy groups -OCH3 is 2. The van der Waals surface area contributed by atoms with Crippen LogP contribution in [-0.4, -0.2) is 76.5 Å². The number of anilines is 1. The standard InChI is InChI=1S/C22H35ClN4O6S/c1-31-19-15-17(16-20(33-23)21(19)32-2)25-34(29,30)27-14-7-4-9-18(27)22(28)24-10-8-13-26-11-5-3-6-12-26/h15-16,18,25H,3-14H2,1-2H3,(H,24,28)/t18-/m0/s1. The summed E-state index contributed by atoms with van der Waals surface area (Å²) in [7, 11) is -1.19. The number of piperidine rings is 2. The average molecular weight is 519 g/mol. The molecule has 0 unspecified atom stereocenters. The Hall–Kier alpha value is -1.95. The molecule has 2 aliphatic rings. The minimum absolute atomic E-state index is 0.0999.